The maximum atomic E-state index is 12.7. The fraction of sp³-hybridized carbons (Fsp3) is 0.375. The molecule has 2 aromatic carbocycles. The third-order valence-corrected chi connectivity index (χ3v) is 6.36. The molecule has 6 heteroatoms. The maximum absolute atomic E-state index is 12.7. The predicted molar refractivity (Wildman–Crippen MR) is 114 cm³/mol. The average Bonchev–Trinajstić information content (AvgIpc) is 3.05. The summed E-state index contributed by atoms with van der Waals surface area (Å²) in [7, 11) is 0. The molecule has 1 saturated heterocycles. The smallest absolute Gasteiger partial charge is 0.322 e. The topological polar surface area (TPSA) is 87.3 Å². The van der Waals surface area contributed by atoms with Crippen molar-refractivity contribution in [2.75, 3.05) is 6.54 Å². The van der Waals surface area contributed by atoms with Crippen LogP contribution in [0.4, 0.5) is 4.79 Å². The van der Waals surface area contributed by atoms with E-state index in [0.717, 1.165) is 6.42 Å². The molecule has 4 amide bonds. The molecule has 1 aliphatic carbocycles. The molecule has 1 saturated carbocycles. The first-order valence-electron chi connectivity index (χ1n) is 10.6. The Hall–Kier alpha value is -3.15. The highest BCUT2D eigenvalue weighted by atomic mass is 16.2. The highest BCUT2D eigenvalue weighted by Gasteiger charge is 2.48. The molecule has 2 aromatic rings. The number of rotatable bonds is 6. The number of amides is 4. The molecule has 1 spiro atoms. The zero-order valence-corrected chi connectivity index (χ0v) is 16.9. The van der Waals surface area contributed by atoms with Crippen LogP contribution < -0.4 is 16.0 Å². The molecule has 2 aliphatic rings. The van der Waals surface area contributed by atoms with Gasteiger partial charge in [-0.1, -0.05) is 60.7 Å². The Morgan fingerprint density at radius 3 is 2.03 bits per heavy atom. The summed E-state index contributed by atoms with van der Waals surface area (Å²) in [5.41, 5.74) is 1.65. The van der Waals surface area contributed by atoms with Gasteiger partial charge in [0.1, 0.15) is 5.54 Å². The third-order valence-electron chi connectivity index (χ3n) is 6.36. The van der Waals surface area contributed by atoms with Gasteiger partial charge in [-0.15, -0.1) is 0 Å². The highest BCUT2D eigenvalue weighted by Crippen LogP contribution is 2.34. The first-order valence-corrected chi connectivity index (χ1v) is 10.6. The fourth-order valence-electron chi connectivity index (χ4n) is 4.63. The van der Waals surface area contributed by atoms with Crippen LogP contribution in [0.15, 0.2) is 60.7 Å². The molecular formula is C24H27N3O3. The first-order chi connectivity index (χ1) is 14.6. The Balaban J connectivity index is 1.32. The molecule has 4 rings (SSSR count). The van der Waals surface area contributed by atoms with Crippen molar-refractivity contribution in [1.29, 1.82) is 0 Å². The summed E-state index contributed by atoms with van der Waals surface area (Å²) >= 11 is 0. The molecule has 0 radical (unpaired) electrons. The van der Waals surface area contributed by atoms with Crippen LogP contribution in [0.2, 0.25) is 0 Å². The summed E-state index contributed by atoms with van der Waals surface area (Å²) in [5, 5.41) is 8.15. The van der Waals surface area contributed by atoms with Crippen LogP contribution in [0.1, 0.15) is 49.1 Å². The van der Waals surface area contributed by atoms with Gasteiger partial charge in [-0.05, 0) is 43.2 Å². The molecule has 156 valence electrons. The van der Waals surface area contributed by atoms with E-state index >= 15 is 0 Å². The Kier molecular flexibility index (Phi) is 5.84. The molecule has 2 fully saturated rings. The van der Waals surface area contributed by atoms with Crippen LogP contribution in [-0.2, 0) is 9.59 Å². The lowest BCUT2D eigenvalue weighted by atomic mass is 9.76. The highest BCUT2D eigenvalue weighted by molar-refractivity contribution is 6.07. The van der Waals surface area contributed by atoms with Crippen molar-refractivity contribution in [3.63, 3.8) is 0 Å². The molecule has 0 bridgehead atoms. The molecule has 6 nitrogen and oxygen atoms in total. The van der Waals surface area contributed by atoms with Gasteiger partial charge in [0.05, 0.1) is 0 Å². The van der Waals surface area contributed by atoms with E-state index in [1.54, 1.807) is 0 Å². The minimum absolute atomic E-state index is 0.0365. The van der Waals surface area contributed by atoms with Gasteiger partial charge in [0.25, 0.3) is 5.91 Å². The van der Waals surface area contributed by atoms with Gasteiger partial charge in [0.2, 0.25) is 5.91 Å². The maximum Gasteiger partial charge on any atom is 0.322 e. The van der Waals surface area contributed by atoms with Gasteiger partial charge in [0, 0.05) is 18.4 Å². The number of benzene rings is 2. The normalized spacial score (nSPS) is 23.3. The number of urea groups is 1. The lowest BCUT2D eigenvalue weighted by Crippen LogP contribution is -2.50. The standard InChI is InChI=1S/C24H27N3O3/c28-21(19-11-14-24(15-12-19)22(29)26-23(30)27-24)25-16-13-20(17-7-3-1-4-8-17)18-9-5-2-6-10-18/h1-10,19-20H,11-16H2,(H,25,28)(H2,26,27,29,30). The SMILES string of the molecule is O=C1NC(=O)C2(CCC(C(=O)NCCC(c3ccccc3)c3ccccc3)CC2)N1. The zero-order valence-electron chi connectivity index (χ0n) is 16.9. The molecular weight excluding hydrogens is 378 g/mol. The molecule has 1 heterocycles. The number of hydrogen-bond donors (Lipinski definition) is 3. The summed E-state index contributed by atoms with van der Waals surface area (Å²) in [5.74, 6) is -0.123. The number of carbonyl (C=O) groups is 3. The van der Waals surface area contributed by atoms with Crippen molar-refractivity contribution in [2.24, 2.45) is 5.92 Å². The Morgan fingerprint density at radius 2 is 1.53 bits per heavy atom. The quantitative estimate of drug-likeness (QED) is 0.646. The van der Waals surface area contributed by atoms with Gasteiger partial charge >= 0.3 is 6.03 Å². The molecule has 1 aliphatic heterocycles. The van der Waals surface area contributed by atoms with Crippen molar-refractivity contribution in [3.8, 4) is 0 Å². The summed E-state index contributed by atoms with van der Waals surface area (Å²) < 4.78 is 0. The predicted octanol–water partition coefficient (Wildman–Crippen LogP) is 3.09. The average molecular weight is 405 g/mol. The van der Waals surface area contributed by atoms with E-state index in [0.29, 0.717) is 32.2 Å². The fourth-order valence-corrected chi connectivity index (χ4v) is 4.63. The van der Waals surface area contributed by atoms with Crippen LogP contribution in [0.25, 0.3) is 0 Å². The number of nitrogens with one attached hydrogen (secondary N) is 3. The number of imide groups is 1. The van der Waals surface area contributed by atoms with Crippen LogP contribution in [0.5, 0.6) is 0 Å². The van der Waals surface area contributed by atoms with E-state index < -0.39 is 11.6 Å². The summed E-state index contributed by atoms with van der Waals surface area (Å²) in [6.07, 6.45) is 3.01. The Morgan fingerprint density at radius 1 is 0.967 bits per heavy atom. The minimum atomic E-state index is -0.820. The van der Waals surface area contributed by atoms with Crippen molar-refractivity contribution in [2.45, 2.75) is 43.6 Å². The van der Waals surface area contributed by atoms with E-state index in [1.807, 2.05) is 36.4 Å². The van der Waals surface area contributed by atoms with Gasteiger partial charge in [-0.2, -0.15) is 0 Å². The third kappa shape index (κ3) is 4.22. The van der Waals surface area contributed by atoms with Gasteiger partial charge in [-0.3, -0.25) is 14.9 Å². The molecule has 30 heavy (non-hydrogen) atoms. The summed E-state index contributed by atoms with van der Waals surface area (Å²) in [6, 6.07) is 20.3. The monoisotopic (exact) mass is 405 g/mol. The van der Waals surface area contributed by atoms with Crippen molar-refractivity contribution >= 4 is 17.8 Å². The lowest BCUT2D eigenvalue weighted by Gasteiger charge is -2.34. The van der Waals surface area contributed by atoms with E-state index in [-0.39, 0.29) is 23.7 Å². The molecule has 3 N–H and O–H groups in total. The van der Waals surface area contributed by atoms with Crippen molar-refractivity contribution in [3.05, 3.63) is 71.8 Å². The summed E-state index contributed by atoms with van der Waals surface area (Å²) in [4.78, 5) is 36.2. The second-order valence-corrected chi connectivity index (χ2v) is 8.22. The first kappa shape index (κ1) is 20.1. The van der Waals surface area contributed by atoms with Crippen LogP contribution >= 0.6 is 0 Å². The largest absolute Gasteiger partial charge is 0.356 e. The number of carbonyl (C=O) groups excluding carboxylic acids is 3. The zero-order chi connectivity index (χ0) is 21.0. The second kappa shape index (κ2) is 8.69. The molecule has 0 unspecified atom stereocenters. The van der Waals surface area contributed by atoms with Crippen LogP contribution in [0, 0.1) is 5.92 Å². The second-order valence-electron chi connectivity index (χ2n) is 8.22. The van der Waals surface area contributed by atoms with E-state index in [4.69, 9.17) is 0 Å². The Labute approximate surface area is 176 Å². The van der Waals surface area contributed by atoms with Gasteiger partial charge in [0.15, 0.2) is 0 Å². The van der Waals surface area contributed by atoms with E-state index in [2.05, 4.69) is 40.2 Å². The van der Waals surface area contributed by atoms with Crippen molar-refractivity contribution in [1.82, 2.24) is 16.0 Å². The Bertz CT molecular complexity index is 866. The van der Waals surface area contributed by atoms with Crippen LogP contribution in [0.3, 0.4) is 0 Å². The van der Waals surface area contributed by atoms with Gasteiger partial charge < -0.3 is 10.6 Å². The summed E-state index contributed by atoms with van der Waals surface area (Å²) in [6.45, 7) is 0.589. The van der Waals surface area contributed by atoms with Gasteiger partial charge in [-0.25, -0.2) is 4.79 Å². The van der Waals surface area contributed by atoms with E-state index in [1.165, 1.54) is 11.1 Å². The molecule has 0 aromatic heterocycles. The minimum Gasteiger partial charge on any atom is -0.356 e. The lowest BCUT2D eigenvalue weighted by molar-refractivity contribution is -0.130. The number of hydrogen-bond acceptors (Lipinski definition) is 3. The van der Waals surface area contributed by atoms with Crippen LogP contribution in [-0.4, -0.2) is 29.9 Å². The van der Waals surface area contributed by atoms with E-state index in [9.17, 15) is 14.4 Å². The molecule has 0 atom stereocenters. The van der Waals surface area contributed by atoms with Crippen molar-refractivity contribution < 1.29 is 14.4 Å².